The molecule has 0 radical (unpaired) electrons. The number of nitrogens with zero attached hydrogens (tertiary/aromatic N) is 1. The van der Waals surface area contributed by atoms with E-state index in [4.69, 9.17) is 11.6 Å². The number of alkyl halides is 1. The fourth-order valence-electron chi connectivity index (χ4n) is 1.16. The lowest BCUT2D eigenvalue weighted by Crippen LogP contribution is -2.24. The van der Waals surface area contributed by atoms with Crippen LogP contribution in [0.25, 0.3) is 0 Å². The van der Waals surface area contributed by atoms with Gasteiger partial charge in [0.15, 0.2) is 0 Å². The molecule has 1 saturated heterocycles. The fourth-order valence-corrected chi connectivity index (χ4v) is 1.29. The summed E-state index contributed by atoms with van der Waals surface area (Å²) in [5.74, 6) is 0.798. The van der Waals surface area contributed by atoms with Crippen LogP contribution in [0.4, 0.5) is 0 Å². The van der Waals surface area contributed by atoms with Crippen molar-refractivity contribution in [3.63, 3.8) is 0 Å². The molecular formula is C8H12ClNO. The first-order valence-corrected chi connectivity index (χ1v) is 4.37. The third-order valence-electron chi connectivity index (χ3n) is 1.75. The van der Waals surface area contributed by atoms with Crippen LogP contribution in [0.3, 0.4) is 0 Å². The van der Waals surface area contributed by atoms with E-state index in [1.165, 1.54) is 0 Å². The minimum Gasteiger partial charge on any atom is -0.339 e. The number of amides is 1. The maximum atomic E-state index is 11.0. The largest absolute Gasteiger partial charge is 0.339 e. The smallest absolute Gasteiger partial charge is 0.222 e. The first-order valence-electron chi connectivity index (χ1n) is 3.83. The van der Waals surface area contributed by atoms with Gasteiger partial charge in [-0.15, -0.1) is 11.6 Å². The third kappa shape index (κ3) is 2.54. The maximum absolute atomic E-state index is 11.0. The zero-order valence-corrected chi connectivity index (χ0v) is 7.18. The monoisotopic (exact) mass is 173 g/mol. The molecular weight excluding hydrogens is 162 g/mol. The molecule has 0 unspecified atom stereocenters. The number of carbonyl (C=O) groups excluding carboxylic acids is 1. The molecule has 1 rings (SSSR count). The van der Waals surface area contributed by atoms with Crippen LogP contribution in [0.2, 0.25) is 0 Å². The highest BCUT2D eigenvalue weighted by Gasteiger charge is 2.17. The van der Waals surface area contributed by atoms with Gasteiger partial charge in [-0.1, -0.05) is 12.2 Å². The topological polar surface area (TPSA) is 20.3 Å². The van der Waals surface area contributed by atoms with E-state index in [1.807, 2.05) is 17.1 Å². The van der Waals surface area contributed by atoms with Crippen molar-refractivity contribution >= 4 is 17.5 Å². The highest BCUT2D eigenvalue weighted by molar-refractivity contribution is 6.18. The summed E-state index contributed by atoms with van der Waals surface area (Å²) in [7, 11) is 0. The number of hydrogen-bond acceptors (Lipinski definition) is 1. The predicted molar refractivity (Wildman–Crippen MR) is 45.7 cm³/mol. The Bertz CT molecular complexity index is 167. The van der Waals surface area contributed by atoms with Gasteiger partial charge in [0, 0.05) is 25.4 Å². The van der Waals surface area contributed by atoms with Gasteiger partial charge in [-0.3, -0.25) is 4.79 Å². The van der Waals surface area contributed by atoms with E-state index in [-0.39, 0.29) is 5.91 Å². The number of carbonyl (C=O) groups is 1. The van der Waals surface area contributed by atoms with Crippen molar-refractivity contribution in [2.75, 3.05) is 19.0 Å². The van der Waals surface area contributed by atoms with Gasteiger partial charge >= 0.3 is 0 Å². The highest BCUT2D eigenvalue weighted by atomic mass is 35.5. The van der Waals surface area contributed by atoms with Crippen molar-refractivity contribution in [1.82, 2.24) is 4.90 Å². The maximum Gasteiger partial charge on any atom is 0.222 e. The SMILES string of the molecule is O=C1CCCN1CC=CCCl. The molecule has 3 heteroatoms. The number of allylic oxidation sites excluding steroid dienone is 1. The first kappa shape index (κ1) is 8.60. The molecule has 1 heterocycles. The Hall–Kier alpha value is -0.500. The minimum absolute atomic E-state index is 0.268. The Kier molecular flexibility index (Phi) is 3.43. The number of hydrogen-bond donors (Lipinski definition) is 0. The van der Waals surface area contributed by atoms with Crippen LogP contribution in [-0.2, 0) is 4.79 Å². The van der Waals surface area contributed by atoms with Crippen molar-refractivity contribution < 1.29 is 4.79 Å². The molecule has 0 aromatic heterocycles. The Morgan fingerprint density at radius 3 is 2.91 bits per heavy atom. The second-order valence-electron chi connectivity index (χ2n) is 2.57. The van der Waals surface area contributed by atoms with Gasteiger partial charge in [0.1, 0.15) is 0 Å². The van der Waals surface area contributed by atoms with E-state index in [1.54, 1.807) is 0 Å². The first-order chi connectivity index (χ1) is 5.34. The van der Waals surface area contributed by atoms with Crippen LogP contribution in [0.15, 0.2) is 12.2 Å². The molecule has 0 spiro atoms. The van der Waals surface area contributed by atoms with E-state index < -0.39 is 0 Å². The average molecular weight is 174 g/mol. The molecule has 1 amide bonds. The molecule has 11 heavy (non-hydrogen) atoms. The van der Waals surface area contributed by atoms with Gasteiger partial charge in [0.25, 0.3) is 0 Å². The van der Waals surface area contributed by atoms with E-state index in [2.05, 4.69) is 0 Å². The summed E-state index contributed by atoms with van der Waals surface area (Å²) in [6, 6.07) is 0. The standard InChI is InChI=1S/C8H12ClNO/c9-5-1-2-6-10-7-3-4-8(10)11/h1-2H,3-7H2. The van der Waals surface area contributed by atoms with Gasteiger partial charge < -0.3 is 4.90 Å². The molecule has 62 valence electrons. The highest BCUT2D eigenvalue weighted by Crippen LogP contribution is 2.08. The van der Waals surface area contributed by atoms with Crippen LogP contribution in [0.1, 0.15) is 12.8 Å². The van der Waals surface area contributed by atoms with E-state index in [9.17, 15) is 4.79 Å². The Labute approximate surface area is 71.8 Å². The number of halogens is 1. The molecule has 0 N–H and O–H groups in total. The van der Waals surface area contributed by atoms with Gasteiger partial charge in [-0.05, 0) is 6.42 Å². The second kappa shape index (κ2) is 4.39. The lowest BCUT2D eigenvalue weighted by atomic mass is 10.4. The van der Waals surface area contributed by atoms with E-state index >= 15 is 0 Å². The van der Waals surface area contributed by atoms with Crippen molar-refractivity contribution in [3.8, 4) is 0 Å². The molecule has 2 nitrogen and oxygen atoms in total. The summed E-state index contributed by atoms with van der Waals surface area (Å²) in [4.78, 5) is 12.9. The van der Waals surface area contributed by atoms with Crippen molar-refractivity contribution in [3.05, 3.63) is 12.2 Å². The molecule has 0 atom stereocenters. The Balaban J connectivity index is 2.25. The third-order valence-corrected chi connectivity index (χ3v) is 1.93. The summed E-state index contributed by atoms with van der Waals surface area (Å²) >= 11 is 5.43. The Morgan fingerprint density at radius 1 is 1.55 bits per heavy atom. The van der Waals surface area contributed by atoms with Crippen molar-refractivity contribution in [2.45, 2.75) is 12.8 Å². The quantitative estimate of drug-likeness (QED) is 0.467. The van der Waals surface area contributed by atoms with E-state index in [0.29, 0.717) is 12.3 Å². The summed E-state index contributed by atoms with van der Waals surface area (Å²) in [5.41, 5.74) is 0. The molecule has 1 fully saturated rings. The fraction of sp³-hybridized carbons (Fsp3) is 0.625. The van der Waals surface area contributed by atoms with E-state index in [0.717, 1.165) is 19.5 Å². The molecule has 0 aliphatic carbocycles. The molecule has 0 aromatic rings. The van der Waals surface area contributed by atoms with Crippen molar-refractivity contribution in [2.24, 2.45) is 0 Å². The van der Waals surface area contributed by atoms with Crippen LogP contribution in [-0.4, -0.2) is 29.8 Å². The second-order valence-corrected chi connectivity index (χ2v) is 2.88. The van der Waals surface area contributed by atoms with Crippen molar-refractivity contribution in [1.29, 1.82) is 0 Å². The lowest BCUT2D eigenvalue weighted by molar-refractivity contribution is -0.127. The summed E-state index contributed by atoms with van der Waals surface area (Å²) in [5, 5.41) is 0. The predicted octanol–water partition coefficient (Wildman–Crippen LogP) is 1.40. The molecule has 1 aliphatic heterocycles. The number of likely N-dealkylation sites (tertiary alicyclic amines) is 1. The summed E-state index contributed by atoms with van der Waals surface area (Å²) < 4.78 is 0. The zero-order chi connectivity index (χ0) is 8.10. The van der Waals surface area contributed by atoms with Gasteiger partial charge in [0.05, 0.1) is 0 Å². The average Bonchev–Trinajstić information content (AvgIpc) is 2.37. The number of rotatable bonds is 3. The zero-order valence-electron chi connectivity index (χ0n) is 6.42. The van der Waals surface area contributed by atoms with Crippen LogP contribution in [0, 0.1) is 0 Å². The normalized spacial score (nSPS) is 18.6. The van der Waals surface area contributed by atoms with Crippen LogP contribution >= 0.6 is 11.6 Å². The van der Waals surface area contributed by atoms with Crippen LogP contribution < -0.4 is 0 Å². The van der Waals surface area contributed by atoms with Gasteiger partial charge in [-0.2, -0.15) is 0 Å². The molecule has 0 aromatic carbocycles. The summed E-state index contributed by atoms with van der Waals surface area (Å²) in [6.45, 7) is 1.64. The molecule has 1 aliphatic rings. The minimum atomic E-state index is 0.268. The molecule has 0 bridgehead atoms. The lowest BCUT2D eigenvalue weighted by Gasteiger charge is -2.11. The summed E-state index contributed by atoms with van der Waals surface area (Å²) in [6.07, 6.45) is 5.53. The van der Waals surface area contributed by atoms with Gasteiger partial charge in [0.2, 0.25) is 5.91 Å². The molecule has 0 saturated carbocycles. The van der Waals surface area contributed by atoms with Crippen LogP contribution in [0.5, 0.6) is 0 Å². The van der Waals surface area contributed by atoms with Gasteiger partial charge in [-0.25, -0.2) is 0 Å². The Morgan fingerprint density at radius 2 is 2.36 bits per heavy atom.